The van der Waals surface area contributed by atoms with Gasteiger partial charge in [0, 0.05) is 6.61 Å². The number of allylic oxidation sites excluding steroid dienone is 1. The average molecular weight is 164 g/mol. The molecule has 0 atom stereocenters. The second-order valence-corrected chi connectivity index (χ2v) is 2.07. The molecule has 0 unspecified atom stereocenters. The molecule has 0 aliphatic carbocycles. The van der Waals surface area contributed by atoms with Crippen LogP contribution in [0.3, 0.4) is 0 Å². The molecule has 0 radical (unpaired) electrons. The molecule has 0 N–H and O–H groups in total. The quantitative estimate of drug-likeness (QED) is 0.161. The molecule has 12 heavy (non-hydrogen) atoms. The maximum atomic E-state index is 5.13. The van der Waals surface area contributed by atoms with Crippen molar-refractivity contribution >= 4 is 0 Å². The van der Waals surface area contributed by atoms with Crippen molar-refractivity contribution in [2.45, 2.75) is 19.8 Å². The Morgan fingerprint density at radius 2 is 2.00 bits per heavy atom. The fraction of sp³-hybridized carbons (Fsp3) is 0.667. The predicted molar refractivity (Wildman–Crippen MR) is 46.2 cm³/mol. The molecule has 0 aromatic carbocycles. The van der Waals surface area contributed by atoms with Crippen LogP contribution in [0.2, 0.25) is 0 Å². The first kappa shape index (κ1) is 14.8. The zero-order chi connectivity index (χ0) is 8.36. The smallest absolute Gasteiger partial charge is 0.356 e. The number of hydrogen-bond acceptors (Lipinski definition) is 2. The molecule has 0 aliphatic heterocycles. The molecule has 0 aromatic rings. The van der Waals surface area contributed by atoms with Crippen LogP contribution in [0.5, 0.6) is 0 Å². The summed E-state index contributed by atoms with van der Waals surface area (Å²) in [5.41, 5.74) is 0. The summed E-state index contributed by atoms with van der Waals surface area (Å²) >= 11 is 0. The van der Waals surface area contributed by atoms with E-state index in [0.717, 1.165) is 19.4 Å². The monoisotopic (exact) mass is 164 g/mol. The van der Waals surface area contributed by atoms with Crippen LogP contribution >= 0.6 is 0 Å². The van der Waals surface area contributed by atoms with Crippen molar-refractivity contribution in [3.8, 4) is 0 Å². The minimum Gasteiger partial charge on any atom is -0.356 e. The van der Waals surface area contributed by atoms with Crippen molar-refractivity contribution in [2.24, 2.45) is 0 Å². The van der Waals surface area contributed by atoms with E-state index < -0.39 is 0 Å². The Morgan fingerprint density at radius 3 is 2.58 bits per heavy atom. The van der Waals surface area contributed by atoms with Gasteiger partial charge in [-0.05, 0) is 13.3 Å². The van der Waals surface area contributed by atoms with Crippen molar-refractivity contribution < 1.29 is 28.3 Å². The SMILES string of the molecule is [CH2-]C/C=C\CCOCOCC.[Li+]. The van der Waals surface area contributed by atoms with Crippen molar-refractivity contribution in [2.75, 3.05) is 20.0 Å². The Labute approximate surface area is 87.5 Å². The molecule has 0 heterocycles. The van der Waals surface area contributed by atoms with E-state index in [-0.39, 0.29) is 18.9 Å². The molecule has 0 saturated heterocycles. The van der Waals surface area contributed by atoms with Gasteiger partial charge in [-0.15, -0.1) is 6.08 Å². The van der Waals surface area contributed by atoms with Crippen molar-refractivity contribution in [3.63, 3.8) is 0 Å². The normalized spacial score (nSPS) is 10.2. The van der Waals surface area contributed by atoms with E-state index in [2.05, 4.69) is 13.0 Å². The number of hydrogen-bond donors (Lipinski definition) is 0. The molecular weight excluding hydrogens is 147 g/mol. The molecule has 3 heteroatoms. The first-order valence-electron chi connectivity index (χ1n) is 4.01. The molecule has 0 spiro atoms. The molecule has 0 aromatic heterocycles. The Balaban J connectivity index is 0. The van der Waals surface area contributed by atoms with Crippen LogP contribution in [0.15, 0.2) is 12.2 Å². The molecule has 0 aliphatic rings. The Hall–Kier alpha value is 0.257. The summed E-state index contributed by atoms with van der Waals surface area (Å²) < 4.78 is 10.1. The molecular formula is C9H17LiO2. The summed E-state index contributed by atoms with van der Waals surface area (Å²) in [6.45, 7) is 7.49. The Bertz CT molecular complexity index is 94.5. The van der Waals surface area contributed by atoms with Crippen LogP contribution in [0.4, 0.5) is 0 Å². The fourth-order valence-corrected chi connectivity index (χ4v) is 0.588. The minimum atomic E-state index is 0. The van der Waals surface area contributed by atoms with Gasteiger partial charge < -0.3 is 16.4 Å². The van der Waals surface area contributed by atoms with E-state index in [9.17, 15) is 0 Å². The van der Waals surface area contributed by atoms with Gasteiger partial charge in [0.25, 0.3) is 0 Å². The predicted octanol–water partition coefficient (Wildman–Crippen LogP) is -0.829. The molecule has 0 bridgehead atoms. The van der Waals surface area contributed by atoms with Crippen molar-refractivity contribution in [1.29, 1.82) is 0 Å². The largest absolute Gasteiger partial charge is 1.00 e. The topological polar surface area (TPSA) is 18.5 Å². The summed E-state index contributed by atoms with van der Waals surface area (Å²) in [7, 11) is 0. The number of rotatable bonds is 7. The zero-order valence-electron chi connectivity index (χ0n) is 8.21. The van der Waals surface area contributed by atoms with Crippen LogP contribution in [-0.2, 0) is 9.47 Å². The number of ether oxygens (including phenoxy) is 2. The first-order chi connectivity index (χ1) is 5.41. The third kappa shape index (κ3) is 12.9. The van der Waals surface area contributed by atoms with Gasteiger partial charge in [0.1, 0.15) is 6.79 Å². The first-order valence-corrected chi connectivity index (χ1v) is 4.01. The fourth-order valence-electron chi connectivity index (χ4n) is 0.588. The standard InChI is InChI=1S/C9H17O2.Li/c1-3-5-6-7-8-11-9-10-4-2;/h5-6H,1,3-4,7-9H2,2H3;/q-1;+1/b6-5-;. The van der Waals surface area contributed by atoms with Gasteiger partial charge in [0.15, 0.2) is 0 Å². The van der Waals surface area contributed by atoms with Gasteiger partial charge in [-0.25, -0.2) is 0 Å². The van der Waals surface area contributed by atoms with Crippen molar-refractivity contribution in [3.05, 3.63) is 19.1 Å². The maximum Gasteiger partial charge on any atom is 1.00 e. The second kappa shape index (κ2) is 13.8. The van der Waals surface area contributed by atoms with E-state index in [0.29, 0.717) is 13.4 Å². The van der Waals surface area contributed by atoms with E-state index in [4.69, 9.17) is 9.47 Å². The van der Waals surface area contributed by atoms with Crippen LogP contribution < -0.4 is 18.9 Å². The van der Waals surface area contributed by atoms with E-state index in [1.165, 1.54) is 0 Å². The molecule has 0 amide bonds. The van der Waals surface area contributed by atoms with Gasteiger partial charge in [-0.1, -0.05) is 6.08 Å². The summed E-state index contributed by atoms with van der Waals surface area (Å²) in [5, 5.41) is 0. The summed E-state index contributed by atoms with van der Waals surface area (Å²) in [4.78, 5) is 0. The van der Waals surface area contributed by atoms with E-state index in [1.807, 2.05) is 13.0 Å². The van der Waals surface area contributed by atoms with Gasteiger partial charge in [-0.2, -0.15) is 6.42 Å². The molecule has 0 fully saturated rings. The molecule has 0 saturated carbocycles. The summed E-state index contributed by atoms with van der Waals surface area (Å²) in [5.74, 6) is 0. The average Bonchev–Trinajstić information content (AvgIpc) is 2.03. The van der Waals surface area contributed by atoms with Crippen LogP contribution in [0.1, 0.15) is 19.8 Å². The maximum absolute atomic E-state index is 5.13. The molecule has 2 nitrogen and oxygen atoms in total. The van der Waals surface area contributed by atoms with Crippen molar-refractivity contribution in [1.82, 2.24) is 0 Å². The third-order valence-corrected chi connectivity index (χ3v) is 1.13. The van der Waals surface area contributed by atoms with Gasteiger partial charge >= 0.3 is 18.9 Å². The third-order valence-electron chi connectivity index (χ3n) is 1.13. The van der Waals surface area contributed by atoms with E-state index in [1.54, 1.807) is 0 Å². The van der Waals surface area contributed by atoms with Crippen LogP contribution in [-0.4, -0.2) is 20.0 Å². The molecule has 66 valence electrons. The van der Waals surface area contributed by atoms with Gasteiger partial charge in [0.2, 0.25) is 0 Å². The van der Waals surface area contributed by atoms with Gasteiger partial charge in [0.05, 0.1) is 6.61 Å². The van der Waals surface area contributed by atoms with E-state index >= 15 is 0 Å². The van der Waals surface area contributed by atoms with Gasteiger partial charge in [-0.3, -0.25) is 0 Å². The minimum absolute atomic E-state index is 0. The second-order valence-electron chi connectivity index (χ2n) is 2.07. The van der Waals surface area contributed by atoms with Crippen LogP contribution in [0, 0.1) is 6.92 Å². The van der Waals surface area contributed by atoms with Crippen LogP contribution in [0.25, 0.3) is 0 Å². The zero-order valence-corrected chi connectivity index (χ0v) is 8.21. The summed E-state index contributed by atoms with van der Waals surface area (Å²) in [6.07, 6.45) is 5.90. The summed E-state index contributed by atoms with van der Waals surface area (Å²) in [6, 6.07) is 0. The Morgan fingerprint density at radius 1 is 1.25 bits per heavy atom. The molecule has 0 rings (SSSR count). The Kier molecular flexibility index (Phi) is 17.0.